The molecule has 28 heavy (non-hydrogen) atoms. The molecule has 1 aromatic carbocycles. The van der Waals surface area contributed by atoms with Gasteiger partial charge in [-0.15, -0.1) is 0 Å². The Bertz CT molecular complexity index is 649. The normalized spacial score (nSPS) is 20.6. The van der Waals surface area contributed by atoms with Gasteiger partial charge < -0.3 is 15.5 Å². The van der Waals surface area contributed by atoms with Crippen LogP contribution in [0.3, 0.4) is 0 Å². The van der Waals surface area contributed by atoms with E-state index in [4.69, 9.17) is 4.99 Å². The summed E-state index contributed by atoms with van der Waals surface area (Å²) in [5, 5.41) is 6.89. The van der Waals surface area contributed by atoms with Gasteiger partial charge in [-0.1, -0.05) is 44.0 Å². The second-order valence-corrected chi connectivity index (χ2v) is 8.08. The quantitative estimate of drug-likeness (QED) is 0.561. The van der Waals surface area contributed by atoms with Crippen molar-refractivity contribution in [2.24, 2.45) is 10.9 Å². The molecule has 1 aliphatic carbocycles. The summed E-state index contributed by atoms with van der Waals surface area (Å²) in [6, 6.07) is 9.12. The highest BCUT2D eigenvalue weighted by molar-refractivity contribution is 5.81. The lowest BCUT2D eigenvalue weighted by Gasteiger charge is -2.21. The lowest BCUT2D eigenvalue weighted by atomic mass is 10.1. The van der Waals surface area contributed by atoms with Crippen molar-refractivity contribution in [1.29, 1.82) is 0 Å². The fourth-order valence-electron chi connectivity index (χ4n) is 4.26. The number of hydrogen-bond donors (Lipinski definition) is 2. The summed E-state index contributed by atoms with van der Waals surface area (Å²) in [4.78, 5) is 19.4. The van der Waals surface area contributed by atoms with Gasteiger partial charge in [-0.3, -0.25) is 9.79 Å². The van der Waals surface area contributed by atoms with Crippen LogP contribution >= 0.6 is 0 Å². The molecule has 1 aliphatic heterocycles. The molecule has 3 rings (SSSR count). The van der Waals surface area contributed by atoms with Crippen molar-refractivity contribution in [3.8, 4) is 0 Å². The topological polar surface area (TPSA) is 56.7 Å². The second-order valence-electron chi connectivity index (χ2n) is 8.08. The van der Waals surface area contributed by atoms with Gasteiger partial charge in [0.15, 0.2) is 5.96 Å². The lowest BCUT2D eigenvalue weighted by molar-refractivity contribution is -0.134. The number of likely N-dealkylation sites (tertiary alicyclic amines) is 1. The highest BCUT2D eigenvalue weighted by atomic mass is 16.2. The number of carbonyl (C=O) groups excluding carboxylic acids is 1. The number of nitrogens with one attached hydrogen (secondary N) is 2. The minimum Gasteiger partial charge on any atom is -0.357 e. The highest BCUT2D eigenvalue weighted by Gasteiger charge is 2.32. The van der Waals surface area contributed by atoms with E-state index < -0.39 is 0 Å². The fraction of sp³-hybridized carbons (Fsp3) is 0.652. The monoisotopic (exact) mass is 384 g/mol. The third kappa shape index (κ3) is 5.73. The molecule has 1 saturated carbocycles. The molecule has 1 amide bonds. The minimum absolute atomic E-state index is 0.278. The standard InChI is InChI=1S/C23H36N4O/c1-3-18-9-11-19(12-10-18)13-15-25-23(24-4-2)26-21-14-16-27(17-21)22(28)20-7-5-6-8-20/h9-12,20-21H,3-8,13-17H2,1-2H3,(H2,24,25,26). The first-order valence-electron chi connectivity index (χ1n) is 11.1. The number of aliphatic imine (C=N–C) groups is 1. The Labute approximate surface area is 170 Å². The average Bonchev–Trinajstić information content (AvgIpc) is 3.40. The third-order valence-corrected chi connectivity index (χ3v) is 5.99. The van der Waals surface area contributed by atoms with Gasteiger partial charge in [-0.25, -0.2) is 0 Å². The maximum atomic E-state index is 12.6. The zero-order valence-corrected chi connectivity index (χ0v) is 17.5. The summed E-state index contributed by atoms with van der Waals surface area (Å²) in [5.41, 5.74) is 2.70. The molecule has 154 valence electrons. The van der Waals surface area contributed by atoms with Crippen LogP contribution in [-0.4, -0.2) is 49.0 Å². The average molecular weight is 385 g/mol. The smallest absolute Gasteiger partial charge is 0.225 e. The summed E-state index contributed by atoms with van der Waals surface area (Å²) < 4.78 is 0. The molecule has 2 N–H and O–H groups in total. The Kier molecular flexibility index (Phi) is 7.75. The molecule has 0 radical (unpaired) electrons. The maximum absolute atomic E-state index is 12.6. The summed E-state index contributed by atoms with van der Waals surface area (Å²) in [7, 11) is 0. The predicted molar refractivity (Wildman–Crippen MR) is 116 cm³/mol. The Balaban J connectivity index is 1.48. The predicted octanol–water partition coefficient (Wildman–Crippen LogP) is 3.14. The van der Waals surface area contributed by atoms with E-state index >= 15 is 0 Å². The Morgan fingerprint density at radius 2 is 1.82 bits per heavy atom. The van der Waals surface area contributed by atoms with E-state index in [0.29, 0.717) is 11.9 Å². The fourth-order valence-corrected chi connectivity index (χ4v) is 4.26. The van der Waals surface area contributed by atoms with Gasteiger partial charge in [0.05, 0.1) is 0 Å². The van der Waals surface area contributed by atoms with Crippen molar-refractivity contribution >= 4 is 11.9 Å². The number of benzene rings is 1. The number of amides is 1. The number of guanidine groups is 1. The van der Waals surface area contributed by atoms with Crippen LogP contribution in [0.5, 0.6) is 0 Å². The van der Waals surface area contributed by atoms with Crippen LogP contribution in [0.15, 0.2) is 29.3 Å². The van der Waals surface area contributed by atoms with E-state index in [9.17, 15) is 4.79 Å². The van der Waals surface area contributed by atoms with Crippen LogP contribution in [0.1, 0.15) is 57.1 Å². The first kappa shape index (κ1) is 20.7. The summed E-state index contributed by atoms with van der Waals surface area (Å²) in [5.74, 6) is 1.52. The van der Waals surface area contributed by atoms with E-state index in [1.54, 1.807) is 0 Å². The van der Waals surface area contributed by atoms with Gasteiger partial charge in [0.25, 0.3) is 0 Å². The Hall–Kier alpha value is -2.04. The largest absolute Gasteiger partial charge is 0.357 e. The summed E-state index contributed by atoms with van der Waals surface area (Å²) >= 11 is 0. The number of nitrogens with zero attached hydrogens (tertiary/aromatic N) is 2. The molecule has 2 fully saturated rings. The Morgan fingerprint density at radius 1 is 1.11 bits per heavy atom. The van der Waals surface area contributed by atoms with Crippen molar-refractivity contribution in [2.45, 2.75) is 64.8 Å². The molecule has 0 spiro atoms. The van der Waals surface area contributed by atoms with Crippen molar-refractivity contribution in [3.05, 3.63) is 35.4 Å². The van der Waals surface area contributed by atoms with Crippen molar-refractivity contribution in [1.82, 2.24) is 15.5 Å². The van der Waals surface area contributed by atoms with Crippen LogP contribution in [0.4, 0.5) is 0 Å². The molecular formula is C23H36N4O. The van der Waals surface area contributed by atoms with Crippen molar-refractivity contribution in [3.63, 3.8) is 0 Å². The van der Waals surface area contributed by atoms with Gasteiger partial charge in [0, 0.05) is 38.1 Å². The zero-order chi connectivity index (χ0) is 19.8. The van der Waals surface area contributed by atoms with Gasteiger partial charge in [0.2, 0.25) is 5.91 Å². The van der Waals surface area contributed by atoms with Crippen molar-refractivity contribution < 1.29 is 4.79 Å². The van der Waals surface area contributed by atoms with Gasteiger partial charge in [0.1, 0.15) is 0 Å². The van der Waals surface area contributed by atoms with Crippen molar-refractivity contribution in [2.75, 3.05) is 26.2 Å². The summed E-state index contributed by atoms with van der Waals surface area (Å²) in [6.07, 6.45) is 7.61. The molecule has 0 aromatic heterocycles. The number of hydrogen-bond acceptors (Lipinski definition) is 2. The molecule has 1 aromatic rings. The molecule has 1 heterocycles. The first-order valence-corrected chi connectivity index (χ1v) is 11.1. The molecule has 5 heteroatoms. The van der Waals surface area contributed by atoms with E-state index in [-0.39, 0.29) is 5.92 Å². The highest BCUT2D eigenvalue weighted by Crippen LogP contribution is 2.27. The molecule has 0 bridgehead atoms. The lowest BCUT2D eigenvalue weighted by Crippen LogP contribution is -2.45. The molecule has 1 unspecified atom stereocenters. The van der Waals surface area contributed by atoms with E-state index in [2.05, 4.69) is 53.6 Å². The SMILES string of the molecule is CCNC(=NCCc1ccc(CC)cc1)NC1CCN(C(=O)C2CCCC2)C1. The zero-order valence-electron chi connectivity index (χ0n) is 17.5. The Morgan fingerprint density at radius 3 is 2.50 bits per heavy atom. The number of rotatable bonds is 7. The van der Waals surface area contributed by atoms with E-state index in [1.807, 2.05) is 0 Å². The maximum Gasteiger partial charge on any atom is 0.225 e. The van der Waals surface area contributed by atoms with Gasteiger partial charge >= 0.3 is 0 Å². The van der Waals surface area contributed by atoms with Crippen LogP contribution in [0, 0.1) is 5.92 Å². The molecule has 1 atom stereocenters. The molecule has 1 saturated heterocycles. The van der Waals surface area contributed by atoms with Crippen LogP contribution in [0.25, 0.3) is 0 Å². The van der Waals surface area contributed by atoms with E-state index in [1.165, 1.54) is 24.0 Å². The molecular weight excluding hydrogens is 348 g/mol. The van der Waals surface area contributed by atoms with Crippen LogP contribution < -0.4 is 10.6 Å². The van der Waals surface area contributed by atoms with Crippen LogP contribution in [-0.2, 0) is 17.6 Å². The molecule has 2 aliphatic rings. The second kappa shape index (κ2) is 10.5. The third-order valence-electron chi connectivity index (χ3n) is 5.99. The minimum atomic E-state index is 0.278. The first-order chi connectivity index (χ1) is 13.7. The number of carbonyl (C=O) groups is 1. The van der Waals surface area contributed by atoms with E-state index in [0.717, 1.165) is 64.2 Å². The number of aryl methyl sites for hydroxylation is 1. The van der Waals surface area contributed by atoms with Crippen LogP contribution in [0.2, 0.25) is 0 Å². The molecule has 5 nitrogen and oxygen atoms in total. The van der Waals surface area contributed by atoms with Gasteiger partial charge in [-0.05, 0) is 50.2 Å². The summed E-state index contributed by atoms with van der Waals surface area (Å²) in [6.45, 7) is 7.55. The van der Waals surface area contributed by atoms with Gasteiger partial charge in [-0.2, -0.15) is 0 Å².